The maximum absolute atomic E-state index is 13.4. The maximum Gasteiger partial charge on any atom is 0.417 e. The number of rotatable bonds is 4. The Bertz CT molecular complexity index is 1090. The minimum Gasteiger partial charge on any atom is -0.443 e. The third kappa shape index (κ3) is 3.62. The lowest BCUT2D eigenvalue weighted by atomic mass is 10.0. The van der Waals surface area contributed by atoms with Gasteiger partial charge in [-0.15, -0.1) is 0 Å². The van der Waals surface area contributed by atoms with Crippen LogP contribution >= 0.6 is 0 Å². The van der Waals surface area contributed by atoms with Gasteiger partial charge in [0.2, 0.25) is 5.89 Å². The Morgan fingerprint density at radius 1 is 1.13 bits per heavy atom. The molecule has 7 nitrogen and oxygen atoms in total. The molecular formula is C21H18F3N5O2. The van der Waals surface area contributed by atoms with Gasteiger partial charge >= 0.3 is 6.18 Å². The summed E-state index contributed by atoms with van der Waals surface area (Å²) in [6.45, 7) is 0.627. The molecule has 2 bridgehead atoms. The lowest BCUT2D eigenvalue weighted by Gasteiger charge is -2.34. The van der Waals surface area contributed by atoms with Gasteiger partial charge in [0.1, 0.15) is 17.8 Å². The standard InChI is InChI=1S/C21H18F3N5O2/c22-21(23,24)13-3-4-17(27-10-13)28-15-8-12-9-16(15)29(11-12)20(30)14-2-1-5-25-18(14)19-26-6-7-31-19/h1-7,10,12,15-16H,8-9,11H2,(H,27,28)/t12-,15+,16-/m0/s1. The highest BCUT2D eigenvalue weighted by molar-refractivity contribution is 5.99. The zero-order chi connectivity index (χ0) is 21.6. The Morgan fingerprint density at radius 2 is 2.00 bits per heavy atom. The number of oxazole rings is 1. The largest absolute Gasteiger partial charge is 0.443 e. The Balaban J connectivity index is 1.35. The van der Waals surface area contributed by atoms with E-state index in [1.165, 1.54) is 18.5 Å². The van der Waals surface area contributed by atoms with Crippen LogP contribution in [0.5, 0.6) is 0 Å². The van der Waals surface area contributed by atoms with Gasteiger partial charge in [-0.1, -0.05) is 0 Å². The molecule has 5 rings (SSSR count). The molecule has 2 aliphatic rings. The van der Waals surface area contributed by atoms with Crippen molar-refractivity contribution in [3.05, 3.63) is 60.2 Å². The summed E-state index contributed by atoms with van der Waals surface area (Å²) in [7, 11) is 0. The summed E-state index contributed by atoms with van der Waals surface area (Å²) in [5, 5.41) is 3.21. The Labute approximate surface area is 175 Å². The van der Waals surface area contributed by atoms with Crippen molar-refractivity contribution < 1.29 is 22.4 Å². The topological polar surface area (TPSA) is 84.2 Å². The molecule has 3 atom stereocenters. The average molecular weight is 429 g/mol. The number of alkyl halides is 3. The SMILES string of the molecule is O=C(c1cccnc1-c1ncco1)N1C[C@H]2C[C@@H](Nc3ccc(C(F)(F)F)cn3)[C@@H]1C2. The van der Waals surface area contributed by atoms with Crippen molar-refractivity contribution in [3.63, 3.8) is 0 Å². The van der Waals surface area contributed by atoms with Gasteiger partial charge in [-0.05, 0) is 43.0 Å². The van der Waals surface area contributed by atoms with Crippen molar-refractivity contribution in [1.29, 1.82) is 0 Å². The van der Waals surface area contributed by atoms with Crippen molar-refractivity contribution in [1.82, 2.24) is 19.9 Å². The molecule has 160 valence electrons. The van der Waals surface area contributed by atoms with Crippen LogP contribution in [0.25, 0.3) is 11.6 Å². The summed E-state index contributed by atoms with van der Waals surface area (Å²) in [6.07, 6.45) is 2.55. The fourth-order valence-electron chi connectivity index (χ4n) is 4.49. The number of anilines is 1. The van der Waals surface area contributed by atoms with Crippen molar-refractivity contribution >= 4 is 11.7 Å². The third-order valence-corrected chi connectivity index (χ3v) is 5.84. The minimum atomic E-state index is -4.43. The van der Waals surface area contributed by atoms with Crippen LogP contribution in [-0.2, 0) is 6.18 Å². The molecule has 1 amide bonds. The van der Waals surface area contributed by atoms with E-state index in [2.05, 4.69) is 20.3 Å². The van der Waals surface area contributed by atoms with Crippen molar-refractivity contribution in [2.75, 3.05) is 11.9 Å². The number of carbonyl (C=O) groups excluding carboxylic acids is 1. The zero-order valence-corrected chi connectivity index (χ0v) is 16.2. The van der Waals surface area contributed by atoms with Crippen molar-refractivity contribution in [3.8, 4) is 11.6 Å². The Kier molecular flexibility index (Phi) is 4.64. The summed E-state index contributed by atoms with van der Waals surface area (Å²) >= 11 is 0. The van der Waals surface area contributed by atoms with E-state index >= 15 is 0 Å². The predicted octanol–water partition coefficient (Wildman–Crippen LogP) is 3.87. The molecule has 1 aliphatic heterocycles. The highest BCUT2D eigenvalue weighted by atomic mass is 19.4. The number of piperidine rings is 1. The second-order valence-corrected chi connectivity index (χ2v) is 7.78. The van der Waals surface area contributed by atoms with Crippen LogP contribution in [0.2, 0.25) is 0 Å². The summed E-state index contributed by atoms with van der Waals surface area (Å²) in [6, 6.07) is 5.54. The molecule has 0 spiro atoms. The highest BCUT2D eigenvalue weighted by Gasteiger charge is 2.47. The first kappa shape index (κ1) is 19.5. The number of hydrogen-bond acceptors (Lipinski definition) is 6. The normalized spacial score (nSPS) is 22.7. The molecule has 10 heteroatoms. The van der Waals surface area contributed by atoms with E-state index in [0.717, 1.165) is 25.1 Å². The first-order valence-corrected chi connectivity index (χ1v) is 9.86. The number of aromatic nitrogens is 3. The molecule has 2 fully saturated rings. The third-order valence-electron chi connectivity index (χ3n) is 5.84. The molecule has 1 saturated heterocycles. The van der Waals surface area contributed by atoms with Crippen LogP contribution in [0.4, 0.5) is 19.0 Å². The maximum atomic E-state index is 13.4. The van der Waals surface area contributed by atoms with Gasteiger partial charge in [0.05, 0.1) is 23.4 Å². The molecule has 0 unspecified atom stereocenters. The van der Waals surface area contributed by atoms with Crippen LogP contribution in [0.15, 0.2) is 53.5 Å². The predicted molar refractivity (Wildman–Crippen MR) is 104 cm³/mol. The molecule has 1 N–H and O–H groups in total. The molecule has 1 saturated carbocycles. The number of nitrogens with zero attached hydrogens (tertiary/aromatic N) is 4. The van der Waals surface area contributed by atoms with Crippen LogP contribution in [0, 0.1) is 5.92 Å². The summed E-state index contributed by atoms with van der Waals surface area (Å²) in [5.74, 6) is 0.792. The highest BCUT2D eigenvalue weighted by Crippen LogP contribution is 2.40. The number of amides is 1. The van der Waals surface area contributed by atoms with Gasteiger partial charge in [-0.3, -0.25) is 9.78 Å². The smallest absolute Gasteiger partial charge is 0.417 e. The lowest BCUT2D eigenvalue weighted by Crippen LogP contribution is -2.47. The number of fused-ring (bicyclic) bond motifs is 2. The van der Waals surface area contributed by atoms with E-state index in [1.54, 1.807) is 23.2 Å². The van der Waals surface area contributed by atoms with E-state index in [4.69, 9.17) is 4.42 Å². The fourth-order valence-corrected chi connectivity index (χ4v) is 4.49. The number of likely N-dealkylation sites (tertiary alicyclic amines) is 1. The van der Waals surface area contributed by atoms with E-state index in [0.29, 0.717) is 29.5 Å². The number of carbonyl (C=O) groups is 1. The van der Waals surface area contributed by atoms with Gasteiger partial charge < -0.3 is 14.6 Å². The van der Waals surface area contributed by atoms with Crippen molar-refractivity contribution in [2.45, 2.75) is 31.1 Å². The van der Waals surface area contributed by atoms with Crippen LogP contribution in [0.1, 0.15) is 28.8 Å². The Morgan fingerprint density at radius 3 is 2.68 bits per heavy atom. The average Bonchev–Trinajstić information content (AvgIpc) is 3.50. The lowest BCUT2D eigenvalue weighted by molar-refractivity contribution is -0.137. The minimum absolute atomic E-state index is 0.0841. The van der Waals surface area contributed by atoms with Crippen LogP contribution in [-0.4, -0.2) is 44.4 Å². The van der Waals surface area contributed by atoms with E-state index in [-0.39, 0.29) is 23.9 Å². The summed E-state index contributed by atoms with van der Waals surface area (Å²) < 4.78 is 43.6. The molecule has 31 heavy (non-hydrogen) atoms. The van der Waals surface area contributed by atoms with E-state index in [1.807, 2.05) is 0 Å². The molecule has 0 radical (unpaired) electrons. The molecule has 0 aromatic carbocycles. The first-order valence-electron chi connectivity index (χ1n) is 9.86. The zero-order valence-electron chi connectivity index (χ0n) is 16.2. The van der Waals surface area contributed by atoms with Crippen LogP contribution in [0.3, 0.4) is 0 Å². The molecule has 3 aromatic heterocycles. The number of hydrogen-bond donors (Lipinski definition) is 1. The monoisotopic (exact) mass is 429 g/mol. The molecule has 4 heterocycles. The molecule has 3 aromatic rings. The molecular weight excluding hydrogens is 411 g/mol. The second kappa shape index (κ2) is 7.36. The van der Waals surface area contributed by atoms with Gasteiger partial charge in [0, 0.05) is 25.0 Å². The van der Waals surface area contributed by atoms with Crippen molar-refractivity contribution in [2.24, 2.45) is 5.92 Å². The fraction of sp³-hybridized carbons (Fsp3) is 0.333. The quantitative estimate of drug-likeness (QED) is 0.678. The molecule has 1 aliphatic carbocycles. The van der Waals surface area contributed by atoms with E-state index in [9.17, 15) is 18.0 Å². The summed E-state index contributed by atoms with van der Waals surface area (Å²) in [4.78, 5) is 27.4. The van der Waals surface area contributed by atoms with Crippen LogP contribution < -0.4 is 5.32 Å². The van der Waals surface area contributed by atoms with Gasteiger partial charge in [-0.2, -0.15) is 13.2 Å². The van der Waals surface area contributed by atoms with E-state index < -0.39 is 11.7 Å². The number of nitrogens with one attached hydrogen (secondary N) is 1. The number of halogens is 3. The Hall–Kier alpha value is -3.43. The summed E-state index contributed by atoms with van der Waals surface area (Å²) in [5.41, 5.74) is -0.00321. The van der Waals surface area contributed by atoms with Gasteiger partial charge in [-0.25, -0.2) is 9.97 Å². The first-order chi connectivity index (χ1) is 14.9. The van der Waals surface area contributed by atoms with Gasteiger partial charge in [0.25, 0.3) is 5.91 Å². The van der Waals surface area contributed by atoms with Gasteiger partial charge in [0.15, 0.2) is 0 Å². The number of pyridine rings is 2. The second-order valence-electron chi connectivity index (χ2n) is 7.78.